The zero-order chi connectivity index (χ0) is 13.4. The minimum atomic E-state index is 0.0554. The van der Waals surface area contributed by atoms with Crippen molar-refractivity contribution in [3.63, 3.8) is 0 Å². The summed E-state index contributed by atoms with van der Waals surface area (Å²) in [5.74, 6) is 0.642. The van der Waals surface area contributed by atoms with Crippen molar-refractivity contribution in [3.8, 4) is 0 Å². The second kappa shape index (κ2) is 5.11. The monoisotopic (exact) mass is 369 g/mol. The van der Waals surface area contributed by atoms with Crippen LogP contribution in [0.1, 0.15) is 30.3 Å². The number of nitrogens with zero attached hydrogens (tertiary/aromatic N) is 2. The number of halogens is 1. The lowest BCUT2D eigenvalue weighted by Gasteiger charge is -2.30. The molecule has 0 radical (unpaired) electrons. The predicted molar refractivity (Wildman–Crippen MR) is 83.1 cm³/mol. The Bertz CT molecular complexity index is 622. The SMILES string of the molecule is CC1CCCN(C(=O)c2n[nH]c3ccc(I)cc23)C1. The van der Waals surface area contributed by atoms with Gasteiger partial charge < -0.3 is 4.90 Å². The molecule has 1 amide bonds. The summed E-state index contributed by atoms with van der Waals surface area (Å²) >= 11 is 2.26. The topological polar surface area (TPSA) is 49.0 Å². The van der Waals surface area contributed by atoms with E-state index in [-0.39, 0.29) is 5.91 Å². The maximum absolute atomic E-state index is 12.6. The first-order valence-corrected chi connectivity index (χ1v) is 7.66. The Morgan fingerprint density at radius 3 is 3.16 bits per heavy atom. The summed E-state index contributed by atoms with van der Waals surface area (Å²) in [5.41, 5.74) is 1.48. The van der Waals surface area contributed by atoms with Crippen LogP contribution in [0.3, 0.4) is 0 Å². The van der Waals surface area contributed by atoms with Crippen LogP contribution in [0.25, 0.3) is 10.9 Å². The van der Waals surface area contributed by atoms with E-state index in [0.29, 0.717) is 11.6 Å². The fourth-order valence-electron chi connectivity index (χ4n) is 2.67. The van der Waals surface area contributed by atoms with Crippen LogP contribution in [0.4, 0.5) is 0 Å². The average Bonchev–Trinajstić information content (AvgIpc) is 2.80. The molecular formula is C14H16IN3O. The lowest BCUT2D eigenvalue weighted by Crippen LogP contribution is -2.39. The first-order valence-electron chi connectivity index (χ1n) is 6.58. The Morgan fingerprint density at radius 1 is 1.53 bits per heavy atom. The van der Waals surface area contributed by atoms with Gasteiger partial charge in [-0.3, -0.25) is 9.89 Å². The van der Waals surface area contributed by atoms with Gasteiger partial charge >= 0.3 is 0 Å². The fourth-order valence-corrected chi connectivity index (χ4v) is 3.16. The van der Waals surface area contributed by atoms with Crippen LogP contribution in [0, 0.1) is 9.49 Å². The summed E-state index contributed by atoms with van der Waals surface area (Å²) in [6, 6.07) is 6.00. The number of aromatic nitrogens is 2. The molecule has 0 bridgehead atoms. The van der Waals surface area contributed by atoms with E-state index >= 15 is 0 Å². The Hall–Kier alpha value is -1.11. The van der Waals surface area contributed by atoms with E-state index < -0.39 is 0 Å². The van der Waals surface area contributed by atoms with Gasteiger partial charge in [0.25, 0.3) is 5.91 Å². The molecule has 1 fully saturated rings. The van der Waals surface area contributed by atoms with Crippen molar-refractivity contribution in [2.24, 2.45) is 5.92 Å². The van der Waals surface area contributed by atoms with E-state index in [9.17, 15) is 4.79 Å². The Balaban J connectivity index is 1.95. The minimum Gasteiger partial charge on any atom is -0.337 e. The van der Waals surface area contributed by atoms with Crippen LogP contribution in [-0.2, 0) is 0 Å². The second-order valence-electron chi connectivity index (χ2n) is 5.26. The predicted octanol–water partition coefficient (Wildman–Crippen LogP) is 3.04. The number of amides is 1. The molecule has 3 rings (SSSR count). The highest BCUT2D eigenvalue weighted by molar-refractivity contribution is 14.1. The molecule has 1 aromatic carbocycles. The lowest BCUT2D eigenvalue weighted by atomic mass is 10.00. The number of carbonyl (C=O) groups is 1. The average molecular weight is 369 g/mol. The zero-order valence-electron chi connectivity index (χ0n) is 10.8. The number of likely N-dealkylation sites (tertiary alicyclic amines) is 1. The van der Waals surface area contributed by atoms with Crippen molar-refractivity contribution in [1.29, 1.82) is 0 Å². The summed E-state index contributed by atoms with van der Waals surface area (Å²) in [7, 11) is 0. The second-order valence-corrected chi connectivity index (χ2v) is 6.51. The number of hydrogen-bond donors (Lipinski definition) is 1. The van der Waals surface area contributed by atoms with Gasteiger partial charge in [0, 0.05) is 22.0 Å². The van der Waals surface area contributed by atoms with Gasteiger partial charge in [-0.15, -0.1) is 0 Å². The number of hydrogen-bond acceptors (Lipinski definition) is 2. The number of aromatic amines is 1. The molecule has 1 aliphatic heterocycles. The lowest BCUT2D eigenvalue weighted by molar-refractivity contribution is 0.0679. The third kappa shape index (κ3) is 2.48. The van der Waals surface area contributed by atoms with Gasteiger partial charge in [0.15, 0.2) is 5.69 Å². The number of piperidine rings is 1. The van der Waals surface area contributed by atoms with Crippen LogP contribution < -0.4 is 0 Å². The van der Waals surface area contributed by atoms with Crippen LogP contribution in [0.15, 0.2) is 18.2 Å². The first kappa shape index (κ1) is 12.9. The van der Waals surface area contributed by atoms with Gasteiger partial charge in [-0.1, -0.05) is 6.92 Å². The molecule has 100 valence electrons. The van der Waals surface area contributed by atoms with Crippen molar-refractivity contribution in [2.45, 2.75) is 19.8 Å². The molecule has 4 nitrogen and oxygen atoms in total. The summed E-state index contributed by atoms with van der Waals surface area (Å²) in [5, 5.41) is 8.09. The minimum absolute atomic E-state index is 0.0554. The summed E-state index contributed by atoms with van der Waals surface area (Å²) in [6.45, 7) is 3.89. The van der Waals surface area contributed by atoms with E-state index in [2.05, 4.69) is 39.7 Å². The maximum atomic E-state index is 12.6. The van der Waals surface area contributed by atoms with Crippen molar-refractivity contribution in [3.05, 3.63) is 27.5 Å². The van der Waals surface area contributed by atoms with Gasteiger partial charge in [0.1, 0.15) is 0 Å². The third-order valence-corrected chi connectivity index (χ3v) is 4.34. The highest BCUT2D eigenvalue weighted by atomic mass is 127. The summed E-state index contributed by atoms with van der Waals surface area (Å²) < 4.78 is 1.12. The number of benzene rings is 1. The molecule has 1 atom stereocenters. The van der Waals surface area contributed by atoms with Gasteiger partial charge in [-0.25, -0.2) is 0 Å². The normalized spacial score (nSPS) is 19.9. The van der Waals surface area contributed by atoms with Crippen LogP contribution in [0.2, 0.25) is 0 Å². The standard InChI is InChI=1S/C14H16IN3O/c1-9-3-2-6-18(8-9)14(19)13-11-7-10(15)4-5-12(11)16-17-13/h4-5,7,9H,2-3,6,8H2,1H3,(H,16,17). The number of H-pyrrole nitrogens is 1. The number of carbonyl (C=O) groups excluding carboxylic acids is 1. The molecule has 0 saturated carbocycles. The quantitative estimate of drug-likeness (QED) is 0.786. The van der Waals surface area contributed by atoms with E-state index in [4.69, 9.17) is 0 Å². The van der Waals surface area contributed by atoms with E-state index in [1.807, 2.05) is 23.1 Å². The molecule has 2 aromatic rings. The smallest absolute Gasteiger partial charge is 0.275 e. The van der Waals surface area contributed by atoms with Crippen LogP contribution in [-0.4, -0.2) is 34.1 Å². The largest absolute Gasteiger partial charge is 0.337 e. The van der Waals surface area contributed by atoms with Crippen LogP contribution >= 0.6 is 22.6 Å². The summed E-state index contributed by atoms with van der Waals surface area (Å²) in [6.07, 6.45) is 2.30. The number of rotatable bonds is 1. The van der Waals surface area contributed by atoms with E-state index in [1.54, 1.807) is 0 Å². The molecule has 19 heavy (non-hydrogen) atoms. The zero-order valence-corrected chi connectivity index (χ0v) is 13.0. The molecule has 1 saturated heterocycles. The Morgan fingerprint density at radius 2 is 2.37 bits per heavy atom. The molecule has 1 aliphatic rings. The van der Waals surface area contributed by atoms with Gasteiger partial charge in [-0.05, 0) is 59.5 Å². The van der Waals surface area contributed by atoms with Crippen LogP contribution in [0.5, 0.6) is 0 Å². The van der Waals surface area contributed by atoms with Crippen molar-refractivity contribution < 1.29 is 4.79 Å². The Labute approximate surface area is 125 Å². The highest BCUT2D eigenvalue weighted by Crippen LogP contribution is 2.22. The Kier molecular flexibility index (Phi) is 3.47. The van der Waals surface area contributed by atoms with E-state index in [1.165, 1.54) is 6.42 Å². The highest BCUT2D eigenvalue weighted by Gasteiger charge is 2.25. The molecule has 1 aromatic heterocycles. The third-order valence-electron chi connectivity index (χ3n) is 3.67. The molecule has 2 heterocycles. The molecule has 1 unspecified atom stereocenters. The van der Waals surface area contributed by atoms with Crippen molar-refractivity contribution in [2.75, 3.05) is 13.1 Å². The molecule has 0 aliphatic carbocycles. The summed E-state index contributed by atoms with van der Waals surface area (Å²) in [4.78, 5) is 14.5. The molecule has 1 N–H and O–H groups in total. The first-order chi connectivity index (χ1) is 9.15. The number of nitrogens with one attached hydrogen (secondary N) is 1. The molecule has 5 heteroatoms. The van der Waals surface area contributed by atoms with Gasteiger partial charge in [-0.2, -0.15) is 5.10 Å². The van der Waals surface area contributed by atoms with Gasteiger partial charge in [0.05, 0.1) is 5.52 Å². The number of fused-ring (bicyclic) bond motifs is 1. The molecule has 0 spiro atoms. The van der Waals surface area contributed by atoms with Crippen molar-refractivity contribution >= 4 is 39.4 Å². The van der Waals surface area contributed by atoms with Gasteiger partial charge in [0.2, 0.25) is 0 Å². The molecular weight excluding hydrogens is 353 g/mol. The van der Waals surface area contributed by atoms with Crippen molar-refractivity contribution in [1.82, 2.24) is 15.1 Å². The van der Waals surface area contributed by atoms with E-state index in [0.717, 1.165) is 34.0 Å². The maximum Gasteiger partial charge on any atom is 0.275 e. The fraction of sp³-hybridized carbons (Fsp3) is 0.429.